The predicted octanol–water partition coefficient (Wildman–Crippen LogP) is 2.21. The van der Waals surface area contributed by atoms with Crippen molar-refractivity contribution in [2.24, 2.45) is 7.05 Å². The number of hydrazine groups is 1. The summed E-state index contributed by atoms with van der Waals surface area (Å²) >= 11 is 0. The summed E-state index contributed by atoms with van der Waals surface area (Å²) in [5.74, 6) is -1.76. The second-order valence-electron chi connectivity index (χ2n) is 6.84. The maximum absolute atomic E-state index is 12.4. The molecule has 1 heterocycles. The lowest BCUT2D eigenvalue weighted by molar-refractivity contribution is -0.274. The zero-order valence-corrected chi connectivity index (χ0v) is 18.0. The first-order chi connectivity index (χ1) is 15.5. The van der Waals surface area contributed by atoms with Crippen LogP contribution in [0.1, 0.15) is 16.8 Å². The normalized spacial score (nSPS) is 11.9. The van der Waals surface area contributed by atoms with Crippen molar-refractivity contribution in [2.75, 3.05) is 6.54 Å². The molecule has 1 aromatic heterocycles. The van der Waals surface area contributed by atoms with Crippen molar-refractivity contribution in [3.05, 3.63) is 60.3 Å². The molecule has 0 aliphatic carbocycles. The van der Waals surface area contributed by atoms with Crippen LogP contribution in [0.3, 0.4) is 0 Å². The smallest absolute Gasteiger partial charge is 0.406 e. The van der Waals surface area contributed by atoms with Crippen LogP contribution in [0.5, 0.6) is 5.75 Å². The van der Waals surface area contributed by atoms with Gasteiger partial charge in [0.25, 0.3) is 5.91 Å². The standard InChI is InChI=1S/C20H19F3N4O5S/c1-27-12-16(15-4-2-3-5-17(15)27)19(29)26-25-18(28)10-11-24-33(30,31)14-8-6-13(7-9-14)32-20(21,22)23/h2-9,12,24H,10-11H2,1H3,(H,25,28)(H,26,29). The Morgan fingerprint density at radius 1 is 1.03 bits per heavy atom. The fourth-order valence-electron chi connectivity index (χ4n) is 2.98. The van der Waals surface area contributed by atoms with E-state index in [1.165, 1.54) is 0 Å². The molecule has 0 radical (unpaired) electrons. The lowest BCUT2D eigenvalue weighted by Gasteiger charge is -2.10. The Labute approximate surface area is 186 Å². The lowest BCUT2D eigenvalue weighted by Crippen LogP contribution is -2.42. The van der Waals surface area contributed by atoms with Gasteiger partial charge in [-0.25, -0.2) is 13.1 Å². The molecule has 3 N–H and O–H groups in total. The van der Waals surface area contributed by atoms with Crippen LogP contribution >= 0.6 is 0 Å². The molecule has 0 spiro atoms. The number of alkyl halides is 3. The highest BCUT2D eigenvalue weighted by molar-refractivity contribution is 7.89. The van der Waals surface area contributed by atoms with Gasteiger partial charge in [-0.1, -0.05) is 18.2 Å². The Bertz CT molecular complexity index is 1270. The van der Waals surface area contributed by atoms with Gasteiger partial charge in [0.2, 0.25) is 15.9 Å². The van der Waals surface area contributed by atoms with Crippen molar-refractivity contribution >= 4 is 32.7 Å². The lowest BCUT2D eigenvalue weighted by atomic mass is 10.2. The molecule has 0 fully saturated rings. The molecule has 0 aliphatic rings. The third kappa shape index (κ3) is 6.23. The zero-order chi connectivity index (χ0) is 24.2. The Hall–Kier alpha value is -3.58. The molecule has 176 valence electrons. The van der Waals surface area contributed by atoms with Crippen LogP contribution in [0.25, 0.3) is 10.9 Å². The summed E-state index contributed by atoms with van der Waals surface area (Å²) in [6, 6.07) is 10.8. The molecule has 0 atom stereocenters. The number of hydrogen-bond acceptors (Lipinski definition) is 5. The van der Waals surface area contributed by atoms with E-state index in [0.29, 0.717) is 10.9 Å². The number of hydrogen-bond donors (Lipinski definition) is 3. The summed E-state index contributed by atoms with van der Waals surface area (Å²) < 4.78 is 68.6. The monoisotopic (exact) mass is 484 g/mol. The van der Waals surface area contributed by atoms with E-state index in [9.17, 15) is 31.2 Å². The van der Waals surface area contributed by atoms with Gasteiger partial charge in [0.1, 0.15) is 5.75 Å². The number of aromatic nitrogens is 1. The van der Waals surface area contributed by atoms with Crippen LogP contribution in [-0.2, 0) is 21.9 Å². The van der Waals surface area contributed by atoms with Crippen molar-refractivity contribution in [1.82, 2.24) is 20.1 Å². The number of para-hydroxylation sites is 1. The summed E-state index contributed by atoms with van der Waals surface area (Å²) in [4.78, 5) is 24.0. The van der Waals surface area contributed by atoms with Gasteiger partial charge in [-0.15, -0.1) is 13.2 Å². The van der Waals surface area contributed by atoms with Crippen LogP contribution in [0.4, 0.5) is 13.2 Å². The summed E-state index contributed by atoms with van der Waals surface area (Å²) in [5.41, 5.74) is 5.67. The molecule has 13 heteroatoms. The highest BCUT2D eigenvalue weighted by Crippen LogP contribution is 2.24. The van der Waals surface area contributed by atoms with Crippen molar-refractivity contribution in [1.29, 1.82) is 0 Å². The Morgan fingerprint density at radius 2 is 1.70 bits per heavy atom. The first kappa shape index (κ1) is 24.1. The highest BCUT2D eigenvalue weighted by Gasteiger charge is 2.31. The SMILES string of the molecule is Cn1cc(C(=O)NNC(=O)CCNS(=O)(=O)c2ccc(OC(F)(F)F)cc2)c2ccccc21. The summed E-state index contributed by atoms with van der Waals surface area (Å²) in [7, 11) is -2.29. The second-order valence-corrected chi connectivity index (χ2v) is 8.61. The number of carbonyl (C=O) groups is 2. The van der Waals surface area contributed by atoms with Gasteiger partial charge >= 0.3 is 6.36 Å². The number of benzene rings is 2. The Morgan fingerprint density at radius 3 is 2.36 bits per heavy atom. The number of carbonyl (C=O) groups excluding carboxylic acids is 2. The molecule has 2 amide bonds. The van der Waals surface area contributed by atoms with Gasteiger partial charge in [0, 0.05) is 37.1 Å². The first-order valence-electron chi connectivity index (χ1n) is 9.45. The first-order valence-corrected chi connectivity index (χ1v) is 10.9. The van der Waals surface area contributed by atoms with E-state index >= 15 is 0 Å². The van der Waals surface area contributed by atoms with Crippen LogP contribution in [-0.4, -0.2) is 37.7 Å². The highest BCUT2D eigenvalue weighted by atomic mass is 32.2. The average Bonchev–Trinajstić information content (AvgIpc) is 3.08. The molecule has 2 aromatic carbocycles. The molecule has 9 nitrogen and oxygen atoms in total. The van der Waals surface area contributed by atoms with Crippen molar-refractivity contribution in [3.8, 4) is 5.75 Å². The number of rotatable bonds is 7. The maximum atomic E-state index is 12.4. The maximum Gasteiger partial charge on any atom is 0.573 e. The summed E-state index contributed by atoms with van der Waals surface area (Å²) in [6.45, 7) is -0.306. The summed E-state index contributed by atoms with van der Waals surface area (Å²) in [5, 5.41) is 0.700. The van der Waals surface area contributed by atoms with Crippen LogP contribution in [0.2, 0.25) is 0 Å². The van der Waals surface area contributed by atoms with Crippen LogP contribution < -0.4 is 20.3 Å². The largest absolute Gasteiger partial charge is 0.573 e. The molecule has 3 aromatic rings. The fraction of sp³-hybridized carbons (Fsp3) is 0.200. The van der Waals surface area contributed by atoms with Gasteiger partial charge in [0.05, 0.1) is 10.5 Å². The van der Waals surface area contributed by atoms with Gasteiger partial charge < -0.3 is 9.30 Å². The van der Waals surface area contributed by atoms with Gasteiger partial charge in [-0.05, 0) is 30.3 Å². The number of sulfonamides is 1. The van der Waals surface area contributed by atoms with Gasteiger partial charge in [-0.2, -0.15) is 0 Å². The van der Waals surface area contributed by atoms with Crippen molar-refractivity contribution in [3.63, 3.8) is 0 Å². The van der Waals surface area contributed by atoms with E-state index in [4.69, 9.17) is 0 Å². The summed E-state index contributed by atoms with van der Waals surface area (Å²) in [6.07, 6.45) is -3.58. The minimum Gasteiger partial charge on any atom is -0.406 e. The number of nitrogens with one attached hydrogen (secondary N) is 3. The molecular formula is C20H19F3N4O5S. The van der Waals surface area contributed by atoms with E-state index in [-0.39, 0.29) is 17.9 Å². The Balaban J connectivity index is 1.49. The quantitative estimate of drug-likeness (QED) is 0.445. The molecule has 0 saturated heterocycles. The van der Waals surface area contributed by atoms with E-state index in [1.807, 2.05) is 12.1 Å². The number of fused-ring (bicyclic) bond motifs is 1. The number of amides is 2. The van der Waals surface area contributed by atoms with Crippen molar-refractivity contribution < 1.29 is 35.9 Å². The van der Waals surface area contributed by atoms with Gasteiger partial charge in [-0.3, -0.25) is 20.4 Å². The molecule has 0 saturated carbocycles. The molecule has 3 rings (SSSR count). The molecule has 0 aliphatic heterocycles. The number of ether oxygens (including phenoxy) is 1. The Kier molecular flexibility index (Phi) is 6.93. The van der Waals surface area contributed by atoms with Crippen LogP contribution in [0.15, 0.2) is 59.6 Å². The molecular weight excluding hydrogens is 465 g/mol. The third-order valence-corrected chi connectivity index (χ3v) is 5.95. The van der Waals surface area contributed by atoms with Crippen molar-refractivity contribution in [2.45, 2.75) is 17.7 Å². The van der Waals surface area contributed by atoms with E-state index in [0.717, 1.165) is 29.8 Å². The second kappa shape index (κ2) is 9.50. The minimum atomic E-state index is -4.89. The predicted molar refractivity (Wildman–Crippen MR) is 111 cm³/mol. The van der Waals surface area contributed by atoms with Gasteiger partial charge in [0.15, 0.2) is 0 Å². The molecule has 0 bridgehead atoms. The average molecular weight is 484 g/mol. The third-order valence-electron chi connectivity index (χ3n) is 4.47. The zero-order valence-electron chi connectivity index (χ0n) is 17.1. The molecule has 0 unspecified atom stereocenters. The van der Waals surface area contributed by atoms with Crippen LogP contribution in [0, 0.1) is 0 Å². The molecule has 33 heavy (non-hydrogen) atoms. The minimum absolute atomic E-state index is 0.301. The van der Waals surface area contributed by atoms with E-state index < -0.39 is 33.9 Å². The van der Waals surface area contributed by atoms with E-state index in [2.05, 4.69) is 20.3 Å². The number of nitrogens with zero attached hydrogens (tertiary/aromatic N) is 1. The fourth-order valence-corrected chi connectivity index (χ4v) is 4.01. The number of aryl methyl sites for hydroxylation is 1. The van der Waals surface area contributed by atoms with E-state index in [1.54, 1.807) is 29.9 Å². The topological polar surface area (TPSA) is 119 Å². The number of halogens is 3.